The van der Waals surface area contributed by atoms with Crippen LogP contribution in [0, 0.1) is 0 Å². The van der Waals surface area contributed by atoms with Crippen molar-refractivity contribution < 1.29 is 4.74 Å². The number of hydrogen-bond acceptors (Lipinski definition) is 3. The van der Waals surface area contributed by atoms with Gasteiger partial charge in [-0.25, -0.2) is 0 Å². The minimum Gasteiger partial charge on any atom is -0.382 e. The standard InChI is InChI=1S/C15H24N2O/c1-12-10-15(8-9-18-12)16-14-6-4-13(5-7-14)11-17(2)3/h4-7,12,15-16H,8-11H2,1-3H3. The van der Waals surface area contributed by atoms with E-state index in [2.05, 4.69) is 55.5 Å². The molecule has 0 spiro atoms. The van der Waals surface area contributed by atoms with Crippen molar-refractivity contribution in [1.82, 2.24) is 4.90 Å². The first-order valence-corrected chi connectivity index (χ1v) is 6.75. The Morgan fingerprint density at radius 3 is 2.61 bits per heavy atom. The number of hydrogen-bond donors (Lipinski definition) is 1. The first kappa shape index (κ1) is 13.4. The molecule has 0 bridgehead atoms. The minimum absolute atomic E-state index is 0.379. The van der Waals surface area contributed by atoms with Crippen molar-refractivity contribution >= 4 is 5.69 Å². The molecular formula is C15H24N2O. The van der Waals surface area contributed by atoms with Crippen LogP contribution in [0.15, 0.2) is 24.3 Å². The van der Waals surface area contributed by atoms with E-state index >= 15 is 0 Å². The van der Waals surface area contributed by atoms with Gasteiger partial charge in [-0.1, -0.05) is 12.1 Å². The quantitative estimate of drug-likeness (QED) is 0.886. The molecule has 0 saturated carbocycles. The molecule has 1 saturated heterocycles. The molecular weight excluding hydrogens is 224 g/mol. The Hall–Kier alpha value is -1.06. The number of nitrogens with zero attached hydrogens (tertiary/aromatic N) is 1. The first-order valence-electron chi connectivity index (χ1n) is 6.75. The third kappa shape index (κ3) is 4.00. The summed E-state index contributed by atoms with van der Waals surface area (Å²) in [6.45, 7) is 4.01. The van der Waals surface area contributed by atoms with Gasteiger partial charge in [0, 0.05) is 24.9 Å². The van der Waals surface area contributed by atoms with Gasteiger partial charge in [0.1, 0.15) is 0 Å². The second kappa shape index (κ2) is 6.21. The number of ether oxygens (including phenoxy) is 1. The lowest BCUT2D eigenvalue weighted by Gasteiger charge is -2.28. The lowest BCUT2D eigenvalue weighted by Crippen LogP contribution is -2.32. The number of rotatable bonds is 4. The van der Waals surface area contributed by atoms with Gasteiger partial charge in [0.25, 0.3) is 0 Å². The molecule has 0 amide bonds. The lowest BCUT2D eigenvalue weighted by atomic mass is 10.0. The topological polar surface area (TPSA) is 24.5 Å². The van der Waals surface area contributed by atoms with Gasteiger partial charge >= 0.3 is 0 Å². The zero-order chi connectivity index (χ0) is 13.0. The summed E-state index contributed by atoms with van der Waals surface area (Å²) in [7, 11) is 4.19. The Balaban J connectivity index is 1.89. The van der Waals surface area contributed by atoms with Gasteiger partial charge in [-0.15, -0.1) is 0 Å². The average molecular weight is 248 g/mol. The molecule has 0 aromatic heterocycles. The maximum Gasteiger partial charge on any atom is 0.0566 e. The molecule has 3 nitrogen and oxygen atoms in total. The maximum absolute atomic E-state index is 5.56. The molecule has 1 aromatic rings. The number of nitrogens with one attached hydrogen (secondary N) is 1. The Labute approximate surface area is 110 Å². The van der Waals surface area contributed by atoms with Gasteiger partial charge in [-0.05, 0) is 51.6 Å². The fourth-order valence-corrected chi connectivity index (χ4v) is 2.44. The summed E-state index contributed by atoms with van der Waals surface area (Å²) in [5.41, 5.74) is 2.57. The molecule has 0 aliphatic carbocycles. The molecule has 2 unspecified atom stereocenters. The van der Waals surface area contributed by atoms with E-state index in [-0.39, 0.29) is 0 Å². The molecule has 1 fully saturated rings. The molecule has 100 valence electrons. The molecule has 1 aliphatic rings. The predicted molar refractivity (Wildman–Crippen MR) is 75.9 cm³/mol. The zero-order valence-electron chi connectivity index (χ0n) is 11.6. The fourth-order valence-electron chi connectivity index (χ4n) is 2.44. The van der Waals surface area contributed by atoms with Crippen LogP contribution in [-0.2, 0) is 11.3 Å². The predicted octanol–water partition coefficient (Wildman–Crippen LogP) is 2.73. The van der Waals surface area contributed by atoms with E-state index in [1.54, 1.807) is 0 Å². The zero-order valence-corrected chi connectivity index (χ0v) is 11.6. The van der Waals surface area contributed by atoms with E-state index in [1.807, 2.05) is 0 Å². The Morgan fingerprint density at radius 2 is 2.00 bits per heavy atom. The van der Waals surface area contributed by atoms with Crippen molar-refractivity contribution in [2.45, 2.75) is 38.5 Å². The second-order valence-electron chi connectivity index (χ2n) is 5.48. The Bertz CT molecular complexity index is 361. The molecule has 18 heavy (non-hydrogen) atoms. The number of anilines is 1. The number of benzene rings is 1. The third-order valence-electron chi connectivity index (χ3n) is 3.31. The summed E-state index contributed by atoms with van der Waals surface area (Å²) in [5.74, 6) is 0. The highest BCUT2D eigenvalue weighted by atomic mass is 16.5. The van der Waals surface area contributed by atoms with Crippen LogP contribution in [0.25, 0.3) is 0 Å². The SMILES string of the molecule is CC1CC(Nc2ccc(CN(C)C)cc2)CCO1. The smallest absolute Gasteiger partial charge is 0.0566 e. The van der Waals surface area contributed by atoms with Crippen molar-refractivity contribution in [3.63, 3.8) is 0 Å². The first-order chi connectivity index (χ1) is 8.63. The van der Waals surface area contributed by atoms with Gasteiger partial charge < -0.3 is 15.0 Å². The highest BCUT2D eigenvalue weighted by Gasteiger charge is 2.18. The van der Waals surface area contributed by atoms with Crippen LogP contribution < -0.4 is 5.32 Å². The van der Waals surface area contributed by atoms with E-state index in [9.17, 15) is 0 Å². The molecule has 1 N–H and O–H groups in total. The van der Waals surface area contributed by atoms with Crippen molar-refractivity contribution in [3.05, 3.63) is 29.8 Å². The van der Waals surface area contributed by atoms with Gasteiger partial charge in [-0.2, -0.15) is 0 Å². The third-order valence-corrected chi connectivity index (χ3v) is 3.31. The van der Waals surface area contributed by atoms with Crippen LogP contribution in [0.2, 0.25) is 0 Å². The summed E-state index contributed by atoms with van der Waals surface area (Å²) in [5, 5.41) is 3.60. The lowest BCUT2D eigenvalue weighted by molar-refractivity contribution is 0.0232. The summed E-state index contributed by atoms with van der Waals surface area (Å²) >= 11 is 0. The monoisotopic (exact) mass is 248 g/mol. The summed E-state index contributed by atoms with van der Waals surface area (Å²) in [6.07, 6.45) is 2.58. The molecule has 2 atom stereocenters. The molecule has 1 aliphatic heterocycles. The molecule has 0 radical (unpaired) electrons. The van der Waals surface area contributed by atoms with E-state index in [0.717, 1.165) is 26.0 Å². The molecule has 3 heteroatoms. The summed E-state index contributed by atoms with van der Waals surface area (Å²) < 4.78 is 5.56. The Morgan fingerprint density at radius 1 is 1.28 bits per heavy atom. The van der Waals surface area contributed by atoms with Crippen LogP contribution in [0.4, 0.5) is 5.69 Å². The minimum atomic E-state index is 0.379. The summed E-state index contributed by atoms with van der Waals surface area (Å²) in [4.78, 5) is 2.18. The molecule has 1 aromatic carbocycles. The van der Waals surface area contributed by atoms with Crippen LogP contribution in [0.5, 0.6) is 0 Å². The van der Waals surface area contributed by atoms with Crippen LogP contribution >= 0.6 is 0 Å². The Kier molecular flexibility index (Phi) is 4.61. The average Bonchev–Trinajstić information content (AvgIpc) is 2.31. The van der Waals surface area contributed by atoms with Crippen molar-refractivity contribution in [3.8, 4) is 0 Å². The molecule has 1 heterocycles. The summed E-state index contributed by atoms with van der Waals surface area (Å²) in [6, 6.07) is 9.31. The highest BCUT2D eigenvalue weighted by molar-refractivity contribution is 5.45. The van der Waals surface area contributed by atoms with E-state index in [1.165, 1.54) is 11.3 Å². The van der Waals surface area contributed by atoms with Crippen LogP contribution in [0.3, 0.4) is 0 Å². The van der Waals surface area contributed by atoms with Crippen molar-refractivity contribution in [2.75, 3.05) is 26.0 Å². The maximum atomic E-state index is 5.56. The highest BCUT2D eigenvalue weighted by Crippen LogP contribution is 2.19. The van der Waals surface area contributed by atoms with Crippen LogP contribution in [-0.4, -0.2) is 37.7 Å². The van der Waals surface area contributed by atoms with Gasteiger partial charge in [0.15, 0.2) is 0 Å². The normalized spacial score (nSPS) is 24.2. The van der Waals surface area contributed by atoms with Gasteiger partial charge in [0.05, 0.1) is 6.10 Å². The van der Waals surface area contributed by atoms with E-state index in [0.29, 0.717) is 12.1 Å². The van der Waals surface area contributed by atoms with E-state index < -0.39 is 0 Å². The van der Waals surface area contributed by atoms with Crippen molar-refractivity contribution in [1.29, 1.82) is 0 Å². The molecule has 2 rings (SSSR count). The van der Waals surface area contributed by atoms with Gasteiger partial charge in [0.2, 0.25) is 0 Å². The largest absolute Gasteiger partial charge is 0.382 e. The van der Waals surface area contributed by atoms with E-state index in [4.69, 9.17) is 4.74 Å². The second-order valence-corrected chi connectivity index (χ2v) is 5.48. The fraction of sp³-hybridized carbons (Fsp3) is 0.600. The van der Waals surface area contributed by atoms with Gasteiger partial charge in [-0.3, -0.25) is 0 Å². The van der Waals surface area contributed by atoms with Crippen molar-refractivity contribution in [2.24, 2.45) is 0 Å². The van der Waals surface area contributed by atoms with Crippen LogP contribution in [0.1, 0.15) is 25.3 Å².